The number of nitrogens with one attached hydrogen (secondary N) is 3. The van der Waals surface area contributed by atoms with Gasteiger partial charge >= 0.3 is 12.0 Å². The number of halogens is 1. The Hall–Kier alpha value is -3.96. The number of rotatable bonds is 10. The zero-order valence-corrected chi connectivity index (χ0v) is 22.2. The van der Waals surface area contributed by atoms with Crippen molar-refractivity contribution in [2.24, 2.45) is 0 Å². The van der Waals surface area contributed by atoms with E-state index < -0.39 is 18.1 Å². The molecule has 2 atom stereocenters. The molecule has 4 N–H and O–H groups in total. The zero-order valence-electron chi connectivity index (χ0n) is 20.6. The van der Waals surface area contributed by atoms with Gasteiger partial charge in [-0.05, 0) is 77.3 Å². The van der Waals surface area contributed by atoms with E-state index in [1.807, 2.05) is 18.2 Å². The van der Waals surface area contributed by atoms with Crippen LogP contribution >= 0.6 is 15.9 Å². The number of ketones is 1. The van der Waals surface area contributed by atoms with Gasteiger partial charge in [-0.1, -0.05) is 18.2 Å². The van der Waals surface area contributed by atoms with Crippen molar-refractivity contribution in [1.29, 1.82) is 0 Å². The molecule has 2 aromatic carbocycles. The third kappa shape index (κ3) is 6.87. The van der Waals surface area contributed by atoms with Crippen LogP contribution in [-0.2, 0) is 11.2 Å². The second-order valence-corrected chi connectivity index (χ2v) is 9.52. The summed E-state index contributed by atoms with van der Waals surface area (Å²) >= 11 is 3.40. The first-order valence-electron chi connectivity index (χ1n) is 12.0. The third-order valence-electron chi connectivity index (χ3n) is 6.01. The average Bonchev–Trinajstić information content (AvgIpc) is 3.44. The molecule has 2 amide bonds. The number of Topliss-reactive ketones (excluding diaryl/α,β-unsaturated/α-hetero) is 1. The van der Waals surface area contributed by atoms with Crippen LogP contribution in [0.2, 0.25) is 0 Å². The number of methoxy groups -OCH3 is 1. The minimum atomic E-state index is -1.14. The number of aromatic carboxylic acids is 1. The Morgan fingerprint density at radius 2 is 1.92 bits per heavy atom. The number of pyridine rings is 1. The average molecular weight is 583 g/mol. The van der Waals surface area contributed by atoms with E-state index >= 15 is 0 Å². The largest absolute Gasteiger partial charge is 0.495 e. The fourth-order valence-corrected chi connectivity index (χ4v) is 4.54. The first-order valence-corrected chi connectivity index (χ1v) is 12.7. The van der Waals surface area contributed by atoms with E-state index in [9.17, 15) is 14.4 Å². The molecule has 0 radical (unpaired) electrons. The third-order valence-corrected chi connectivity index (χ3v) is 6.71. The SMILES string of the molecule is COc1cc(CC(=O)C(Oc2ccc(C(=O)O)nc2)C2CCCN2)ccc1NC(=O)Nc1ccccc1Br. The van der Waals surface area contributed by atoms with Gasteiger partial charge in [-0.25, -0.2) is 14.6 Å². The standard InChI is InChI=1S/C27H27BrN4O6/c1-37-24-14-16(8-10-20(24)32-27(36)31-19-6-3-2-5-18(19)28)13-23(33)25(21-7-4-12-29-21)38-17-9-11-22(26(34)35)30-15-17/h2-3,5-6,8-11,14-15,21,25,29H,4,7,12-13H2,1H3,(H,34,35)(H2,31,32,36). The normalized spacial score (nSPS) is 15.4. The van der Waals surface area contributed by atoms with E-state index in [2.05, 4.69) is 36.9 Å². The predicted octanol–water partition coefficient (Wildman–Crippen LogP) is 4.51. The van der Waals surface area contributed by atoms with Gasteiger partial charge in [0.05, 0.1) is 30.7 Å². The first kappa shape index (κ1) is 27.1. The highest BCUT2D eigenvalue weighted by molar-refractivity contribution is 9.10. The van der Waals surface area contributed by atoms with E-state index in [1.54, 1.807) is 24.3 Å². The fourth-order valence-electron chi connectivity index (χ4n) is 4.15. The number of aromatic nitrogens is 1. The number of carbonyl (C=O) groups is 3. The minimum Gasteiger partial charge on any atom is -0.495 e. The molecule has 10 nitrogen and oxygen atoms in total. The van der Waals surface area contributed by atoms with Gasteiger partial charge in [-0.2, -0.15) is 0 Å². The summed E-state index contributed by atoms with van der Waals surface area (Å²) < 4.78 is 12.2. The number of carboxylic acids is 1. The first-order chi connectivity index (χ1) is 18.3. The maximum absolute atomic E-state index is 13.4. The van der Waals surface area contributed by atoms with E-state index in [0.717, 1.165) is 23.9 Å². The Morgan fingerprint density at radius 3 is 2.58 bits per heavy atom. The Kier molecular flexibility index (Phi) is 8.93. The molecule has 0 bridgehead atoms. The van der Waals surface area contributed by atoms with Gasteiger partial charge in [-0.15, -0.1) is 0 Å². The second kappa shape index (κ2) is 12.5. The molecule has 2 unspecified atom stereocenters. The van der Waals surface area contributed by atoms with Gasteiger partial charge in [0.25, 0.3) is 0 Å². The molecular weight excluding hydrogens is 556 g/mol. The highest BCUT2D eigenvalue weighted by atomic mass is 79.9. The number of nitrogens with zero attached hydrogens (tertiary/aromatic N) is 1. The van der Waals surface area contributed by atoms with E-state index in [1.165, 1.54) is 25.4 Å². The van der Waals surface area contributed by atoms with Crippen molar-refractivity contribution in [3.8, 4) is 11.5 Å². The minimum absolute atomic E-state index is 0.0727. The molecule has 4 rings (SSSR count). The molecule has 11 heteroatoms. The van der Waals surface area contributed by atoms with E-state index in [-0.39, 0.29) is 23.9 Å². The molecule has 0 spiro atoms. The summed E-state index contributed by atoms with van der Waals surface area (Å²) in [5, 5.41) is 17.9. The summed E-state index contributed by atoms with van der Waals surface area (Å²) in [5.41, 5.74) is 1.65. The number of carboxylic acid groups (broad SMARTS) is 1. The highest BCUT2D eigenvalue weighted by Gasteiger charge is 2.32. The smallest absolute Gasteiger partial charge is 0.354 e. The van der Waals surface area contributed by atoms with Gasteiger partial charge in [0, 0.05) is 10.9 Å². The van der Waals surface area contributed by atoms with Crippen molar-refractivity contribution in [2.45, 2.75) is 31.4 Å². The Labute approximate surface area is 227 Å². The summed E-state index contributed by atoms with van der Waals surface area (Å²) in [7, 11) is 1.49. The number of urea groups is 1. The number of amides is 2. The molecule has 3 aromatic rings. The molecule has 1 saturated heterocycles. The van der Waals surface area contributed by atoms with Gasteiger partial charge in [-0.3, -0.25) is 4.79 Å². The topological polar surface area (TPSA) is 139 Å². The molecule has 1 aromatic heterocycles. The predicted molar refractivity (Wildman–Crippen MR) is 145 cm³/mol. The van der Waals surface area contributed by atoms with Crippen LogP contribution in [0.3, 0.4) is 0 Å². The summed E-state index contributed by atoms with van der Waals surface area (Å²) in [6, 6.07) is 14.6. The van der Waals surface area contributed by atoms with Crippen LogP contribution in [0.25, 0.3) is 0 Å². The molecule has 0 saturated carbocycles. The lowest BCUT2D eigenvalue weighted by molar-refractivity contribution is -0.126. The Balaban J connectivity index is 1.45. The second-order valence-electron chi connectivity index (χ2n) is 8.66. The lowest BCUT2D eigenvalue weighted by atomic mass is 9.98. The van der Waals surface area contributed by atoms with Gasteiger partial charge in [0.15, 0.2) is 11.9 Å². The van der Waals surface area contributed by atoms with Crippen molar-refractivity contribution in [2.75, 3.05) is 24.3 Å². The molecule has 2 heterocycles. The number of benzene rings is 2. The Bertz CT molecular complexity index is 1310. The van der Waals surface area contributed by atoms with Crippen molar-refractivity contribution >= 4 is 45.1 Å². The van der Waals surface area contributed by atoms with Gasteiger partial charge in [0.1, 0.15) is 17.2 Å². The van der Waals surface area contributed by atoms with Crippen LogP contribution in [-0.4, -0.2) is 53.7 Å². The lowest BCUT2D eigenvalue weighted by Crippen LogP contribution is -2.45. The monoisotopic (exact) mass is 582 g/mol. The van der Waals surface area contributed by atoms with Crippen LogP contribution in [0.1, 0.15) is 28.9 Å². The summed E-state index contributed by atoms with van der Waals surface area (Å²) in [5.74, 6) is -0.571. The maximum Gasteiger partial charge on any atom is 0.354 e. The number of para-hydroxylation sites is 1. The highest BCUT2D eigenvalue weighted by Crippen LogP contribution is 2.28. The molecule has 38 heavy (non-hydrogen) atoms. The van der Waals surface area contributed by atoms with Crippen LogP contribution in [0.5, 0.6) is 11.5 Å². The van der Waals surface area contributed by atoms with E-state index in [4.69, 9.17) is 14.6 Å². The zero-order chi connectivity index (χ0) is 27.1. The van der Waals surface area contributed by atoms with E-state index in [0.29, 0.717) is 28.4 Å². The van der Waals surface area contributed by atoms with Crippen LogP contribution in [0, 0.1) is 0 Å². The van der Waals surface area contributed by atoms with Crippen molar-refractivity contribution in [3.05, 3.63) is 76.5 Å². The molecular formula is C27H27BrN4O6. The maximum atomic E-state index is 13.4. The van der Waals surface area contributed by atoms with Crippen molar-refractivity contribution in [1.82, 2.24) is 10.3 Å². The number of hydrogen-bond donors (Lipinski definition) is 4. The molecule has 1 aliphatic rings. The number of hydrogen-bond acceptors (Lipinski definition) is 7. The van der Waals surface area contributed by atoms with Crippen LogP contribution in [0.15, 0.2) is 65.3 Å². The van der Waals surface area contributed by atoms with Gasteiger partial charge < -0.3 is 30.5 Å². The lowest BCUT2D eigenvalue weighted by Gasteiger charge is -2.24. The molecule has 198 valence electrons. The van der Waals surface area contributed by atoms with Gasteiger partial charge in [0.2, 0.25) is 0 Å². The summed E-state index contributed by atoms with van der Waals surface area (Å²) in [4.78, 5) is 40.8. The number of carbonyl (C=O) groups excluding carboxylic acids is 2. The summed E-state index contributed by atoms with van der Waals surface area (Å²) in [6.07, 6.45) is 2.29. The van der Waals surface area contributed by atoms with Crippen LogP contribution in [0.4, 0.5) is 16.2 Å². The molecule has 1 fully saturated rings. The fraction of sp³-hybridized carbons (Fsp3) is 0.259. The van der Waals surface area contributed by atoms with Crippen LogP contribution < -0.4 is 25.4 Å². The number of ether oxygens (including phenoxy) is 2. The molecule has 0 aliphatic carbocycles. The quantitative estimate of drug-likeness (QED) is 0.274. The Morgan fingerprint density at radius 1 is 1.13 bits per heavy atom. The molecule has 1 aliphatic heterocycles. The van der Waals surface area contributed by atoms with Crippen molar-refractivity contribution in [3.63, 3.8) is 0 Å². The number of anilines is 2. The van der Waals surface area contributed by atoms with Crippen molar-refractivity contribution < 1.29 is 29.0 Å². The summed E-state index contributed by atoms with van der Waals surface area (Å²) in [6.45, 7) is 0.782.